The van der Waals surface area contributed by atoms with Crippen molar-refractivity contribution in [3.05, 3.63) is 22.8 Å². The molecule has 0 aliphatic carbocycles. The van der Waals surface area contributed by atoms with Crippen molar-refractivity contribution < 1.29 is 0 Å². The second-order valence-electron chi connectivity index (χ2n) is 3.34. The van der Waals surface area contributed by atoms with Gasteiger partial charge in [0.25, 0.3) is 0 Å². The van der Waals surface area contributed by atoms with Gasteiger partial charge in [0, 0.05) is 12.0 Å². The molecule has 0 saturated carbocycles. The second-order valence-corrected chi connectivity index (χ2v) is 4.42. The summed E-state index contributed by atoms with van der Waals surface area (Å²) < 4.78 is 0. The number of hydrogen-bond acceptors (Lipinski definition) is 2. The summed E-state index contributed by atoms with van der Waals surface area (Å²) in [5.74, 6) is 1.17. The molecule has 0 aromatic carbocycles. The standard InChI is InChI=1S/C12H19NS/c1-3-7-11-8-5-6-10-14-12(11)13-9-4-2/h5,8-9H,3-4,6-7,10H2,1-2H3/b13-9-. The van der Waals surface area contributed by atoms with Gasteiger partial charge in [-0.3, -0.25) is 4.99 Å². The number of thioether (sulfide) groups is 1. The van der Waals surface area contributed by atoms with Crippen LogP contribution in [-0.4, -0.2) is 12.0 Å². The molecule has 1 aliphatic rings. The monoisotopic (exact) mass is 209 g/mol. The van der Waals surface area contributed by atoms with E-state index in [4.69, 9.17) is 0 Å². The molecule has 1 heterocycles. The van der Waals surface area contributed by atoms with Gasteiger partial charge in [-0.25, -0.2) is 0 Å². The zero-order valence-electron chi connectivity index (χ0n) is 9.12. The Morgan fingerprint density at radius 2 is 2.36 bits per heavy atom. The van der Waals surface area contributed by atoms with Crippen LogP contribution in [0.1, 0.15) is 39.5 Å². The molecule has 0 radical (unpaired) electrons. The minimum atomic E-state index is 1.02. The minimum Gasteiger partial charge on any atom is -0.254 e. The molecule has 78 valence electrons. The van der Waals surface area contributed by atoms with Crippen molar-refractivity contribution in [2.45, 2.75) is 39.5 Å². The maximum Gasteiger partial charge on any atom is 0.0987 e. The van der Waals surface area contributed by atoms with Gasteiger partial charge in [-0.05, 0) is 24.8 Å². The lowest BCUT2D eigenvalue weighted by Gasteiger charge is -2.04. The van der Waals surface area contributed by atoms with Crippen LogP contribution in [0.4, 0.5) is 0 Å². The van der Waals surface area contributed by atoms with E-state index in [1.165, 1.54) is 29.2 Å². The Morgan fingerprint density at radius 1 is 1.50 bits per heavy atom. The minimum absolute atomic E-state index is 1.02. The molecule has 1 aliphatic heterocycles. The van der Waals surface area contributed by atoms with Gasteiger partial charge in [-0.2, -0.15) is 0 Å². The van der Waals surface area contributed by atoms with Crippen molar-refractivity contribution in [3.8, 4) is 0 Å². The molecule has 0 saturated heterocycles. The van der Waals surface area contributed by atoms with Crippen LogP contribution in [0.25, 0.3) is 0 Å². The van der Waals surface area contributed by atoms with Crippen LogP contribution in [0.3, 0.4) is 0 Å². The summed E-state index contributed by atoms with van der Waals surface area (Å²) in [6.45, 7) is 4.35. The number of hydrogen-bond donors (Lipinski definition) is 0. The predicted octanol–water partition coefficient (Wildman–Crippen LogP) is 4.17. The molecule has 1 nitrogen and oxygen atoms in total. The van der Waals surface area contributed by atoms with Crippen molar-refractivity contribution in [1.82, 2.24) is 0 Å². The zero-order valence-corrected chi connectivity index (χ0v) is 9.94. The highest BCUT2D eigenvalue weighted by Gasteiger charge is 2.05. The third-order valence-electron chi connectivity index (χ3n) is 2.03. The van der Waals surface area contributed by atoms with E-state index >= 15 is 0 Å². The molecule has 2 heteroatoms. The zero-order chi connectivity index (χ0) is 10.2. The van der Waals surface area contributed by atoms with E-state index in [2.05, 4.69) is 31.0 Å². The number of nitrogens with zero attached hydrogens (tertiary/aromatic N) is 1. The lowest BCUT2D eigenvalue weighted by atomic mass is 10.1. The molecule has 1 rings (SSSR count). The highest BCUT2D eigenvalue weighted by atomic mass is 32.2. The molecule has 0 fully saturated rings. The molecule has 0 amide bonds. The summed E-state index contributed by atoms with van der Waals surface area (Å²) in [7, 11) is 0. The highest BCUT2D eigenvalue weighted by Crippen LogP contribution is 2.28. The van der Waals surface area contributed by atoms with E-state index < -0.39 is 0 Å². The fourth-order valence-corrected chi connectivity index (χ4v) is 2.32. The lowest BCUT2D eigenvalue weighted by Crippen LogP contribution is -1.84. The molecule has 14 heavy (non-hydrogen) atoms. The molecule has 0 atom stereocenters. The summed E-state index contributed by atoms with van der Waals surface area (Å²) in [5, 5.41) is 1.24. The van der Waals surface area contributed by atoms with Crippen LogP contribution in [0.5, 0.6) is 0 Å². The normalized spacial score (nSPS) is 17.9. The van der Waals surface area contributed by atoms with Crippen LogP contribution in [0.15, 0.2) is 27.7 Å². The number of aliphatic imine (C=N–C) groups is 1. The van der Waals surface area contributed by atoms with Crippen LogP contribution < -0.4 is 0 Å². The van der Waals surface area contributed by atoms with Gasteiger partial charge in [-0.1, -0.05) is 32.4 Å². The van der Waals surface area contributed by atoms with Crippen molar-refractivity contribution >= 4 is 18.0 Å². The van der Waals surface area contributed by atoms with E-state index in [0.717, 1.165) is 12.8 Å². The topological polar surface area (TPSA) is 12.4 Å². The smallest absolute Gasteiger partial charge is 0.0987 e. The van der Waals surface area contributed by atoms with Gasteiger partial charge in [0.05, 0.1) is 5.03 Å². The highest BCUT2D eigenvalue weighted by molar-refractivity contribution is 8.03. The number of rotatable bonds is 4. The fourth-order valence-electron chi connectivity index (χ4n) is 1.37. The molecule has 0 aromatic rings. The molecule has 0 bridgehead atoms. The number of allylic oxidation sites excluding steroid dienone is 3. The summed E-state index contributed by atoms with van der Waals surface area (Å²) in [5.41, 5.74) is 1.42. The third kappa shape index (κ3) is 3.70. The molecule has 0 spiro atoms. The Balaban J connectivity index is 2.78. The molecular weight excluding hydrogens is 190 g/mol. The van der Waals surface area contributed by atoms with Gasteiger partial charge in [-0.15, -0.1) is 11.8 Å². The Bertz CT molecular complexity index is 251. The predicted molar refractivity (Wildman–Crippen MR) is 66.9 cm³/mol. The Kier molecular flexibility index (Phi) is 5.69. The Labute approximate surface area is 91.4 Å². The van der Waals surface area contributed by atoms with Gasteiger partial charge in [0.1, 0.15) is 0 Å². The van der Waals surface area contributed by atoms with Crippen molar-refractivity contribution in [3.63, 3.8) is 0 Å². The van der Waals surface area contributed by atoms with Crippen molar-refractivity contribution in [2.24, 2.45) is 4.99 Å². The molecule has 0 aromatic heterocycles. The summed E-state index contributed by atoms with van der Waals surface area (Å²) in [6.07, 6.45) is 11.1. The van der Waals surface area contributed by atoms with Crippen LogP contribution in [-0.2, 0) is 0 Å². The average Bonchev–Trinajstić information content (AvgIpc) is 2.41. The van der Waals surface area contributed by atoms with E-state index in [1.54, 1.807) is 0 Å². The van der Waals surface area contributed by atoms with Crippen LogP contribution in [0, 0.1) is 0 Å². The van der Waals surface area contributed by atoms with E-state index in [0.29, 0.717) is 0 Å². The van der Waals surface area contributed by atoms with Gasteiger partial charge < -0.3 is 0 Å². The third-order valence-corrected chi connectivity index (χ3v) is 3.11. The van der Waals surface area contributed by atoms with Gasteiger partial charge in [0.2, 0.25) is 0 Å². The molecular formula is C12H19NS. The van der Waals surface area contributed by atoms with E-state index in [9.17, 15) is 0 Å². The lowest BCUT2D eigenvalue weighted by molar-refractivity contribution is 0.920. The first-order chi connectivity index (χ1) is 6.88. The molecule has 0 unspecified atom stereocenters. The first-order valence-corrected chi connectivity index (χ1v) is 6.42. The fraction of sp³-hybridized carbons (Fsp3) is 0.583. The maximum absolute atomic E-state index is 4.53. The Hall–Kier alpha value is -0.500. The summed E-state index contributed by atoms with van der Waals surface area (Å²) in [6, 6.07) is 0. The first-order valence-electron chi connectivity index (χ1n) is 5.43. The second kappa shape index (κ2) is 6.88. The van der Waals surface area contributed by atoms with Gasteiger partial charge in [0.15, 0.2) is 0 Å². The Morgan fingerprint density at radius 3 is 3.07 bits per heavy atom. The molecule has 0 N–H and O–H groups in total. The van der Waals surface area contributed by atoms with Crippen LogP contribution in [0.2, 0.25) is 0 Å². The van der Waals surface area contributed by atoms with Crippen molar-refractivity contribution in [2.75, 3.05) is 5.75 Å². The largest absolute Gasteiger partial charge is 0.254 e. The average molecular weight is 209 g/mol. The SMILES string of the molecule is CC/C=N\C1=C(CCC)C=CCCS1. The van der Waals surface area contributed by atoms with Crippen molar-refractivity contribution in [1.29, 1.82) is 0 Å². The quantitative estimate of drug-likeness (QED) is 0.633. The van der Waals surface area contributed by atoms with E-state index in [1.807, 2.05) is 18.0 Å². The van der Waals surface area contributed by atoms with E-state index in [-0.39, 0.29) is 0 Å². The maximum atomic E-state index is 4.53. The first kappa shape index (κ1) is 11.6. The summed E-state index contributed by atoms with van der Waals surface area (Å²) >= 11 is 1.89. The van der Waals surface area contributed by atoms with Crippen LogP contribution >= 0.6 is 11.8 Å². The summed E-state index contributed by atoms with van der Waals surface area (Å²) in [4.78, 5) is 4.53. The van der Waals surface area contributed by atoms with Gasteiger partial charge >= 0.3 is 0 Å².